The van der Waals surface area contributed by atoms with Crippen molar-refractivity contribution in [1.29, 1.82) is 0 Å². The molecule has 0 aliphatic heterocycles. The zero-order valence-electron chi connectivity index (χ0n) is 23.7. The topological polar surface area (TPSA) is 13.1 Å². The van der Waals surface area contributed by atoms with Crippen LogP contribution in [0.15, 0.2) is 150 Å². The van der Waals surface area contributed by atoms with Crippen molar-refractivity contribution in [2.75, 3.05) is 0 Å². The SMILES string of the molecule is c1ccc2c(c1)ccc1c3cc(-c4c5ccccc5c(-c5ccc6oc7ccccc7c6c5)c5ccccc45)ccc3sc21. The molecular weight excluding hydrogens is 553 g/mol. The van der Waals surface area contributed by atoms with Gasteiger partial charge in [0.1, 0.15) is 11.2 Å². The highest BCUT2D eigenvalue weighted by Gasteiger charge is 2.19. The second-order valence-electron chi connectivity index (χ2n) is 11.6. The van der Waals surface area contributed by atoms with E-state index in [1.807, 2.05) is 23.5 Å². The predicted octanol–water partition coefficient (Wildman–Crippen LogP) is 12.7. The Balaban J connectivity index is 1.27. The van der Waals surface area contributed by atoms with Crippen LogP contribution in [0, 0.1) is 0 Å². The molecule has 2 heterocycles. The summed E-state index contributed by atoms with van der Waals surface area (Å²) in [6, 6.07) is 53.1. The number of furan rings is 1. The van der Waals surface area contributed by atoms with E-state index in [0.717, 1.165) is 21.9 Å². The van der Waals surface area contributed by atoms with Gasteiger partial charge in [0.25, 0.3) is 0 Å². The number of rotatable bonds is 2. The number of hydrogen-bond donors (Lipinski definition) is 0. The molecule has 204 valence electrons. The van der Waals surface area contributed by atoms with E-state index in [0.29, 0.717) is 0 Å². The van der Waals surface area contributed by atoms with Gasteiger partial charge in [-0.1, -0.05) is 115 Å². The third kappa shape index (κ3) is 3.35. The van der Waals surface area contributed by atoms with E-state index in [1.54, 1.807) is 0 Å². The van der Waals surface area contributed by atoms with Gasteiger partial charge in [0.2, 0.25) is 0 Å². The summed E-state index contributed by atoms with van der Waals surface area (Å²) in [5.74, 6) is 0. The molecule has 0 unspecified atom stereocenters. The molecule has 0 atom stereocenters. The molecule has 10 rings (SSSR count). The fraction of sp³-hybridized carbons (Fsp3) is 0. The Kier molecular flexibility index (Phi) is 4.94. The Hall–Kier alpha value is -5.44. The smallest absolute Gasteiger partial charge is 0.135 e. The van der Waals surface area contributed by atoms with Crippen molar-refractivity contribution in [2.45, 2.75) is 0 Å². The van der Waals surface area contributed by atoms with Gasteiger partial charge in [-0.15, -0.1) is 11.3 Å². The number of thiophene rings is 1. The first-order valence-corrected chi connectivity index (χ1v) is 15.8. The normalized spacial score (nSPS) is 12.1. The number of benzene rings is 8. The summed E-state index contributed by atoms with van der Waals surface area (Å²) in [5, 5.41) is 12.6. The quantitative estimate of drug-likeness (QED) is 0.187. The van der Waals surface area contributed by atoms with Crippen LogP contribution in [0.4, 0.5) is 0 Å². The van der Waals surface area contributed by atoms with Gasteiger partial charge in [-0.05, 0) is 84.9 Å². The average Bonchev–Trinajstić information content (AvgIpc) is 3.65. The van der Waals surface area contributed by atoms with Crippen molar-refractivity contribution in [3.63, 3.8) is 0 Å². The minimum atomic E-state index is 0.921. The van der Waals surface area contributed by atoms with Crippen LogP contribution in [-0.2, 0) is 0 Å². The molecule has 0 saturated heterocycles. The second kappa shape index (κ2) is 9.03. The first kappa shape index (κ1) is 24.0. The van der Waals surface area contributed by atoms with E-state index < -0.39 is 0 Å². The molecule has 2 aromatic heterocycles. The fourth-order valence-corrected chi connectivity index (χ4v) is 8.51. The van der Waals surface area contributed by atoms with E-state index in [1.165, 1.54) is 74.7 Å². The molecule has 10 aromatic rings. The van der Waals surface area contributed by atoms with E-state index in [2.05, 4.69) is 133 Å². The first-order chi connectivity index (χ1) is 21.8. The molecule has 0 radical (unpaired) electrons. The van der Waals surface area contributed by atoms with E-state index >= 15 is 0 Å². The minimum Gasteiger partial charge on any atom is -0.456 e. The molecule has 1 nitrogen and oxygen atoms in total. The summed E-state index contributed by atoms with van der Waals surface area (Å²) in [5.41, 5.74) is 6.85. The van der Waals surface area contributed by atoms with Gasteiger partial charge in [-0.2, -0.15) is 0 Å². The van der Waals surface area contributed by atoms with Crippen molar-refractivity contribution in [3.05, 3.63) is 146 Å². The maximum absolute atomic E-state index is 6.18. The molecule has 0 aliphatic carbocycles. The largest absolute Gasteiger partial charge is 0.456 e. The maximum Gasteiger partial charge on any atom is 0.135 e. The van der Waals surface area contributed by atoms with Crippen LogP contribution in [0.2, 0.25) is 0 Å². The maximum atomic E-state index is 6.18. The average molecular weight is 577 g/mol. The molecule has 0 N–H and O–H groups in total. The van der Waals surface area contributed by atoms with Crippen LogP contribution in [0.5, 0.6) is 0 Å². The lowest BCUT2D eigenvalue weighted by Crippen LogP contribution is -1.90. The molecule has 0 aliphatic rings. The Bertz CT molecular complexity index is 2720. The lowest BCUT2D eigenvalue weighted by atomic mass is 9.85. The number of hydrogen-bond acceptors (Lipinski definition) is 2. The van der Waals surface area contributed by atoms with Crippen molar-refractivity contribution >= 4 is 85.8 Å². The molecular formula is C42H24OS. The van der Waals surface area contributed by atoms with E-state index in [4.69, 9.17) is 4.42 Å². The molecule has 0 fully saturated rings. The third-order valence-corrected chi connectivity index (χ3v) is 10.5. The number of para-hydroxylation sites is 1. The van der Waals surface area contributed by atoms with Gasteiger partial charge in [0.15, 0.2) is 0 Å². The summed E-state index contributed by atoms with van der Waals surface area (Å²) < 4.78 is 8.87. The third-order valence-electron chi connectivity index (χ3n) is 9.25. The van der Waals surface area contributed by atoms with Crippen LogP contribution < -0.4 is 0 Å². The highest BCUT2D eigenvalue weighted by molar-refractivity contribution is 7.26. The lowest BCUT2D eigenvalue weighted by Gasteiger charge is -2.18. The molecule has 0 spiro atoms. The Morgan fingerprint density at radius 2 is 0.909 bits per heavy atom. The van der Waals surface area contributed by atoms with Gasteiger partial charge >= 0.3 is 0 Å². The van der Waals surface area contributed by atoms with E-state index in [9.17, 15) is 0 Å². The Morgan fingerprint density at radius 1 is 0.364 bits per heavy atom. The van der Waals surface area contributed by atoms with Crippen molar-refractivity contribution < 1.29 is 4.42 Å². The van der Waals surface area contributed by atoms with Crippen LogP contribution in [-0.4, -0.2) is 0 Å². The zero-order chi connectivity index (χ0) is 28.8. The van der Waals surface area contributed by atoms with Gasteiger partial charge in [-0.25, -0.2) is 0 Å². The van der Waals surface area contributed by atoms with Crippen LogP contribution in [0.25, 0.3) is 96.7 Å². The monoisotopic (exact) mass is 576 g/mol. The first-order valence-electron chi connectivity index (χ1n) is 15.0. The molecule has 0 amide bonds. The molecule has 44 heavy (non-hydrogen) atoms. The van der Waals surface area contributed by atoms with Crippen molar-refractivity contribution in [3.8, 4) is 22.3 Å². The van der Waals surface area contributed by atoms with Gasteiger partial charge < -0.3 is 4.42 Å². The molecule has 0 saturated carbocycles. The van der Waals surface area contributed by atoms with E-state index in [-0.39, 0.29) is 0 Å². The Labute approximate surface area is 257 Å². The van der Waals surface area contributed by atoms with Gasteiger partial charge in [0, 0.05) is 30.9 Å². The van der Waals surface area contributed by atoms with Crippen LogP contribution in [0.3, 0.4) is 0 Å². The lowest BCUT2D eigenvalue weighted by molar-refractivity contribution is 0.669. The van der Waals surface area contributed by atoms with Crippen molar-refractivity contribution in [1.82, 2.24) is 0 Å². The summed E-state index contributed by atoms with van der Waals surface area (Å²) in [7, 11) is 0. The summed E-state index contributed by atoms with van der Waals surface area (Å²) in [6.45, 7) is 0. The van der Waals surface area contributed by atoms with Crippen molar-refractivity contribution in [2.24, 2.45) is 0 Å². The predicted molar refractivity (Wildman–Crippen MR) is 190 cm³/mol. The summed E-state index contributed by atoms with van der Waals surface area (Å²) >= 11 is 1.90. The fourth-order valence-electron chi connectivity index (χ4n) is 7.29. The zero-order valence-corrected chi connectivity index (χ0v) is 24.5. The van der Waals surface area contributed by atoms with Gasteiger partial charge in [0.05, 0.1) is 0 Å². The number of fused-ring (bicyclic) bond motifs is 10. The molecule has 0 bridgehead atoms. The summed E-state index contributed by atoms with van der Waals surface area (Å²) in [4.78, 5) is 0. The highest BCUT2D eigenvalue weighted by Crippen LogP contribution is 2.46. The van der Waals surface area contributed by atoms with Crippen LogP contribution in [0.1, 0.15) is 0 Å². The molecule has 8 aromatic carbocycles. The van der Waals surface area contributed by atoms with Gasteiger partial charge in [-0.3, -0.25) is 0 Å². The Morgan fingerprint density at radius 3 is 1.61 bits per heavy atom. The highest BCUT2D eigenvalue weighted by atomic mass is 32.1. The standard InChI is InChI=1S/C42H24OS/c1-2-10-28-25(9-1)17-20-34-36-24-27(19-22-39(36)44-42(28)34)41-32-14-5-3-12-30(32)40(31-13-4-6-15-33(31)41)26-18-21-38-35(23-26)29-11-7-8-16-37(29)43-38/h1-24H. The minimum absolute atomic E-state index is 0.921. The summed E-state index contributed by atoms with van der Waals surface area (Å²) in [6.07, 6.45) is 0. The van der Waals surface area contributed by atoms with Crippen LogP contribution >= 0.6 is 11.3 Å². The molecule has 2 heteroatoms. The second-order valence-corrected chi connectivity index (χ2v) is 12.7.